The summed E-state index contributed by atoms with van der Waals surface area (Å²) in [6, 6.07) is 15.7. The number of piperazine rings is 1. The molecular weight excluding hydrogens is 371 g/mol. The van der Waals surface area contributed by atoms with E-state index < -0.39 is 12.0 Å². The zero-order valence-corrected chi connectivity index (χ0v) is 16.1. The predicted octanol–water partition coefficient (Wildman–Crippen LogP) is 3.72. The Morgan fingerprint density at radius 2 is 1.58 bits per heavy atom. The third-order valence-electron chi connectivity index (χ3n) is 4.72. The molecule has 1 aliphatic heterocycles. The van der Waals surface area contributed by atoms with Crippen molar-refractivity contribution in [3.8, 4) is 11.1 Å². The Hall–Kier alpha value is -1.59. The van der Waals surface area contributed by atoms with E-state index in [4.69, 9.17) is 11.6 Å². The van der Waals surface area contributed by atoms with Crippen molar-refractivity contribution < 1.29 is 9.90 Å². The SMILES string of the molecule is Cl.O=C(O)[C@@H](CCc1ccc(-c2ccc(Cl)cc2)cc1)N1CCNCC1. The highest BCUT2D eigenvalue weighted by Gasteiger charge is 2.26. The summed E-state index contributed by atoms with van der Waals surface area (Å²) in [5, 5.41) is 13.5. The molecule has 0 bridgehead atoms. The predicted molar refractivity (Wildman–Crippen MR) is 108 cm³/mol. The van der Waals surface area contributed by atoms with E-state index in [1.54, 1.807) is 0 Å². The molecule has 0 spiro atoms. The van der Waals surface area contributed by atoms with Crippen LogP contribution in [0.25, 0.3) is 11.1 Å². The molecule has 0 unspecified atom stereocenters. The number of carboxylic acids is 1. The van der Waals surface area contributed by atoms with Gasteiger partial charge in [-0.25, -0.2) is 0 Å². The van der Waals surface area contributed by atoms with Crippen LogP contribution < -0.4 is 5.32 Å². The molecule has 2 N–H and O–H groups in total. The third kappa shape index (κ3) is 5.45. The third-order valence-corrected chi connectivity index (χ3v) is 4.97. The van der Waals surface area contributed by atoms with E-state index in [0.717, 1.165) is 48.7 Å². The van der Waals surface area contributed by atoms with Gasteiger partial charge in [-0.05, 0) is 41.7 Å². The summed E-state index contributed by atoms with van der Waals surface area (Å²) in [6.07, 6.45) is 1.40. The highest BCUT2D eigenvalue weighted by molar-refractivity contribution is 6.30. The lowest BCUT2D eigenvalue weighted by molar-refractivity contribution is -0.143. The topological polar surface area (TPSA) is 52.6 Å². The molecule has 3 rings (SSSR count). The number of hydrogen-bond acceptors (Lipinski definition) is 3. The Kier molecular flexibility index (Phi) is 7.91. The smallest absolute Gasteiger partial charge is 0.320 e. The molecule has 0 saturated carbocycles. The maximum absolute atomic E-state index is 11.6. The van der Waals surface area contributed by atoms with Crippen LogP contribution in [0.2, 0.25) is 5.02 Å². The van der Waals surface area contributed by atoms with Crippen LogP contribution in [-0.2, 0) is 11.2 Å². The zero-order valence-electron chi connectivity index (χ0n) is 14.5. The second-order valence-electron chi connectivity index (χ2n) is 6.38. The lowest BCUT2D eigenvalue weighted by atomic mass is 10.00. The number of benzene rings is 2. The fourth-order valence-electron chi connectivity index (χ4n) is 3.27. The van der Waals surface area contributed by atoms with E-state index in [1.807, 2.05) is 24.3 Å². The molecule has 1 aliphatic rings. The molecule has 0 radical (unpaired) electrons. The summed E-state index contributed by atoms with van der Waals surface area (Å²) in [4.78, 5) is 13.7. The van der Waals surface area contributed by atoms with Gasteiger partial charge in [0, 0.05) is 31.2 Å². The molecule has 0 amide bonds. The molecule has 4 nitrogen and oxygen atoms in total. The van der Waals surface area contributed by atoms with Crippen molar-refractivity contribution in [3.05, 3.63) is 59.1 Å². The van der Waals surface area contributed by atoms with Gasteiger partial charge in [-0.15, -0.1) is 12.4 Å². The van der Waals surface area contributed by atoms with Gasteiger partial charge in [0.2, 0.25) is 0 Å². The molecule has 1 atom stereocenters. The Balaban J connectivity index is 0.00000243. The van der Waals surface area contributed by atoms with Crippen molar-refractivity contribution in [2.45, 2.75) is 18.9 Å². The van der Waals surface area contributed by atoms with Crippen LogP contribution in [0.3, 0.4) is 0 Å². The van der Waals surface area contributed by atoms with Gasteiger partial charge >= 0.3 is 5.97 Å². The van der Waals surface area contributed by atoms with Crippen molar-refractivity contribution in [2.75, 3.05) is 26.2 Å². The van der Waals surface area contributed by atoms with Crippen molar-refractivity contribution in [3.63, 3.8) is 0 Å². The fourth-order valence-corrected chi connectivity index (χ4v) is 3.39. The average molecular weight is 395 g/mol. The van der Waals surface area contributed by atoms with Crippen molar-refractivity contribution in [1.82, 2.24) is 10.2 Å². The Labute approximate surface area is 165 Å². The molecule has 6 heteroatoms. The average Bonchev–Trinajstić information content (AvgIpc) is 2.64. The normalized spacial score (nSPS) is 15.9. The monoisotopic (exact) mass is 394 g/mol. The largest absolute Gasteiger partial charge is 0.480 e. The summed E-state index contributed by atoms with van der Waals surface area (Å²) in [5.74, 6) is -0.723. The maximum Gasteiger partial charge on any atom is 0.320 e. The number of nitrogens with zero attached hydrogens (tertiary/aromatic N) is 1. The minimum absolute atomic E-state index is 0. The molecule has 1 fully saturated rings. The molecule has 1 heterocycles. The number of aliphatic carboxylic acids is 1. The number of nitrogens with one attached hydrogen (secondary N) is 1. The quantitative estimate of drug-likeness (QED) is 0.783. The standard InChI is InChI=1S/C20H23ClN2O2.ClH/c21-18-8-6-17(7-9-18)16-4-1-15(2-5-16)3-10-19(20(24)25)23-13-11-22-12-14-23;/h1-2,4-9,19,22H,3,10-14H2,(H,24,25);1H/t19-;/m1./s1. The van der Waals surface area contributed by atoms with Crippen molar-refractivity contribution >= 4 is 30.0 Å². The van der Waals surface area contributed by atoms with E-state index in [1.165, 1.54) is 5.56 Å². The van der Waals surface area contributed by atoms with Crippen LogP contribution in [-0.4, -0.2) is 48.2 Å². The van der Waals surface area contributed by atoms with Gasteiger partial charge in [0.05, 0.1) is 0 Å². The summed E-state index contributed by atoms with van der Waals surface area (Å²) in [5.41, 5.74) is 3.43. The Bertz CT molecular complexity index is 699. The van der Waals surface area contributed by atoms with E-state index in [0.29, 0.717) is 6.42 Å². The Morgan fingerprint density at radius 1 is 1.04 bits per heavy atom. The summed E-state index contributed by atoms with van der Waals surface area (Å²) in [6.45, 7) is 3.32. The van der Waals surface area contributed by atoms with Crippen LogP contribution in [0, 0.1) is 0 Å². The lowest BCUT2D eigenvalue weighted by Crippen LogP contribution is -2.51. The second-order valence-corrected chi connectivity index (χ2v) is 6.82. The molecule has 140 valence electrons. The van der Waals surface area contributed by atoms with Crippen molar-refractivity contribution in [1.29, 1.82) is 0 Å². The molecule has 0 aliphatic carbocycles. The van der Waals surface area contributed by atoms with Crippen LogP contribution >= 0.6 is 24.0 Å². The maximum atomic E-state index is 11.6. The van der Waals surface area contributed by atoms with Gasteiger partial charge < -0.3 is 10.4 Å². The van der Waals surface area contributed by atoms with Crippen LogP contribution in [0.15, 0.2) is 48.5 Å². The minimum Gasteiger partial charge on any atom is -0.480 e. The second kappa shape index (κ2) is 9.93. The molecular formula is C20H24Cl2N2O2. The molecule has 0 aromatic heterocycles. The van der Waals surface area contributed by atoms with E-state index >= 15 is 0 Å². The first-order chi connectivity index (χ1) is 12.1. The van der Waals surface area contributed by atoms with Crippen molar-refractivity contribution in [2.24, 2.45) is 0 Å². The first kappa shape index (κ1) is 20.7. The lowest BCUT2D eigenvalue weighted by Gasteiger charge is -2.32. The van der Waals surface area contributed by atoms with Gasteiger partial charge in [-0.1, -0.05) is 48.0 Å². The highest BCUT2D eigenvalue weighted by atomic mass is 35.5. The molecule has 2 aromatic carbocycles. The number of aryl methyl sites for hydroxylation is 1. The molecule has 1 saturated heterocycles. The van der Waals surface area contributed by atoms with E-state index in [9.17, 15) is 9.90 Å². The highest BCUT2D eigenvalue weighted by Crippen LogP contribution is 2.22. The van der Waals surface area contributed by atoms with Crippen LogP contribution in [0.5, 0.6) is 0 Å². The van der Waals surface area contributed by atoms with E-state index in [2.05, 4.69) is 34.5 Å². The number of rotatable bonds is 6. The van der Waals surface area contributed by atoms with Gasteiger partial charge in [0.1, 0.15) is 6.04 Å². The summed E-state index contributed by atoms with van der Waals surface area (Å²) < 4.78 is 0. The summed E-state index contributed by atoms with van der Waals surface area (Å²) >= 11 is 5.93. The summed E-state index contributed by atoms with van der Waals surface area (Å²) in [7, 11) is 0. The number of carbonyl (C=O) groups is 1. The zero-order chi connectivity index (χ0) is 17.6. The van der Waals surface area contributed by atoms with Gasteiger partial charge in [0.25, 0.3) is 0 Å². The molecule has 2 aromatic rings. The van der Waals surface area contributed by atoms with Gasteiger partial charge in [-0.3, -0.25) is 9.69 Å². The van der Waals surface area contributed by atoms with E-state index in [-0.39, 0.29) is 12.4 Å². The van der Waals surface area contributed by atoms with Gasteiger partial charge in [-0.2, -0.15) is 0 Å². The minimum atomic E-state index is -0.723. The fraction of sp³-hybridized carbons (Fsp3) is 0.350. The van der Waals surface area contributed by atoms with Gasteiger partial charge in [0.15, 0.2) is 0 Å². The number of carboxylic acid groups (broad SMARTS) is 1. The van der Waals surface area contributed by atoms with Crippen LogP contribution in [0.1, 0.15) is 12.0 Å². The molecule has 26 heavy (non-hydrogen) atoms. The van der Waals surface area contributed by atoms with Crippen LogP contribution in [0.4, 0.5) is 0 Å². The first-order valence-corrected chi connectivity index (χ1v) is 9.04. The number of hydrogen-bond donors (Lipinski definition) is 2. The first-order valence-electron chi connectivity index (χ1n) is 8.66. The number of halogens is 2. The Morgan fingerprint density at radius 3 is 2.12 bits per heavy atom.